The van der Waals surface area contributed by atoms with E-state index in [1.807, 2.05) is 0 Å². The molecule has 3 heterocycles. The Hall–Kier alpha value is -2.48. The Bertz CT molecular complexity index is 1110. The fourth-order valence-corrected chi connectivity index (χ4v) is 6.45. The minimum Gasteiger partial charge on any atom is -0.468 e. The van der Waals surface area contributed by atoms with Gasteiger partial charge in [0.25, 0.3) is 0 Å². The number of ether oxygens (including phenoxy) is 3. The summed E-state index contributed by atoms with van der Waals surface area (Å²) < 4.78 is 17.5. The topological polar surface area (TPSA) is 72.9 Å². The van der Waals surface area contributed by atoms with Crippen LogP contribution >= 0.6 is 0 Å². The van der Waals surface area contributed by atoms with Gasteiger partial charge in [0.1, 0.15) is 11.9 Å². The lowest BCUT2D eigenvalue weighted by Crippen LogP contribution is -2.39. The molecule has 4 atom stereocenters. The standard InChI is InChI=1S/C31H43N3O4/c1-21-28-22(16-19-37-21)8-6-11-27(28)29(31(35)36-3)34(2)25-14-15-26(20-25)38-18-5-4-10-24-13-12-23-9-7-17-32-30(23)33-24/h6,8,11-13,21,25-26,29H,4-5,7,9-10,14-20H2,1-3H3,(H,32,33)/t21-,25+,26+,29?/m1/s1. The van der Waals surface area contributed by atoms with E-state index in [1.165, 1.54) is 24.7 Å². The summed E-state index contributed by atoms with van der Waals surface area (Å²) >= 11 is 0. The first-order chi connectivity index (χ1) is 18.5. The highest BCUT2D eigenvalue weighted by Crippen LogP contribution is 2.38. The molecule has 38 heavy (non-hydrogen) atoms. The van der Waals surface area contributed by atoms with Crippen molar-refractivity contribution in [3.8, 4) is 0 Å². The Balaban J connectivity index is 1.13. The van der Waals surface area contributed by atoms with Gasteiger partial charge in [-0.3, -0.25) is 4.90 Å². The van der Waals surface area contributed by atoms with Gasteiger partial charge in [-0.1, -0.05) is 24.3 Å². The Labute approximate surface area is 227 Å². The molecule has 7 heteroatoms. The predicted octanol–water partition coefficient (Wildman–Crippen LogP) is 5.18. The number of pyridine rings is 1. The van der Waals surface area contributed by atoms with Gasteiger partial charge in [-0.2, -0.15) is 0 Å². The summed E-state index contributed by atoms with van der Waals surface area (Å²) in [6, 6.07) is 10.5. The van der Waals surface area contributed by atoms with Gasteiger partial charge in [0, 0.05) is 24.9 Å². The number of likely N-dealkylation sites (N-methyl/N-ethyl adjacent to an activating group) is 1. The first-order valence-electron chi connectivity index (χ1n) is 14.4. The number of benzene rings is 1. The summed E-state index contributed by atoms with van der Waals surface area (Å²) in [5, 5.41) is 3.43. The maximum Gasteiger partial charge on any atom is 0.327 e. The van der Waals surface area contributed by atoms with Crippen LogP contribution < -0.4 is 5.32 Å². The number of hydrogen-bond donors (Lipinski definition) is 1. The van der Waals surface area contributed by atoms with Crippen LogP contribution in [0.25, 0.3) is 0 Å². The van der Waals surface area contributed by atoms with E-state index < -0.39 is 6.04 Å². The molecule has 1 fully saturated rings. The Morgan fingerprint density at radius 2 is 2.08 bits per heavy atom. The zero-order valence-corrected chi connectivity index (χ0v) is 23.2. The van der Waals surface area contributed by atoms with Crippen molar-refractivity contribution in [1.82, 2.24) is 9.88 Å². The number of esters is 1. The molecule has 0 spiro atoms. The smallest absolute Gasteiger partial charge is 0.327 e. The van der Waals surface area contributed by atoms with E-state index >= 15 is 0 Å². The second-order valence-corrected chi connectivity index (χ2v) is 11.0. The van der Waals surface area contributed by atoms with Crippen molar-refractivity contribution < 1.29 is 19.0 Å². The molecule has 206 valence electrons. The normalized spacial score (nSPS) is 23.4. The number of anilines is 1. The van der Waals surface area contributed by atoms with Crippen molar-refractivity contribution >= 4 is 11.8 Å². The Morgan fingerprint density at radius 1 is 1.18 bits per heavy atom. The van der Waals surface area contributed by atoms with Gasteiger partial charge in [-0.25, -0.2) is 9.78 Å². The molecule has 1 N–H and O–H groups in total. The molecular weight excluding hydrogens is 478 g/mol. The summed E-state index contributed by atoms with van der Waals surface area (Å²) in [7, 11) is 3.54. The van der Waals surface area contributed by atoms with E-state index in [0.717, 1.165) is 93.8 Å². The first-order valence-corrected chi connectivity index (χ1v) is 14.4. The number of nitrogens with zero attached hydrogens (tertiary/aromatic N) is 2. The molecule has 7 nitrogen and oxygen atoms in total. The maximum atomic E-state index is 13.1. The number of carbonyl (C=O) groups is 1. The third kappa shape index (κ3) is 6.05. The molecule has 0 bridgehead atoms. The summed E-state index contributed by atoms with van der Waals surface area (Å²) in [5.74, 6) is 0.864. The molecule has 3 aliphatic rings. The molecular formula is C31H43N3O4. The van der Waals surface area contributed by atoms with Gasteiger partial charge in [0.05, 0.1) is 25.9 Å². The third-order valence-electron chi connectivity index (χ3n) is 8.57. The molecule has 1 unspecified atom stereocenters. The average molecular weight is 522 g/mol. The minimum atomic E-state index is -0.443. The number of unbranched alkanes of at least 4 members (excludes halogenated alkanes) is 1. The van der Waals surface area contributed by atoms with Crippen LogP contribution in [0.5, 0.6) is 0 Å². The summed E-state index contributed by atoms with van der Waals surface area (Å²) in [6.07, 6.45) is 9.47. The lowest BCUT2D eigenvalue weighted by atomic mass is 9.88. The number of carbonyl (C=O) groups excluding carboxylic acids is 1. The molecule has 1 saturated carbocycles. The van der Waals surface area contributed by atoms with E-state index in [9.17, 15) is 4.79 Å². The number of rotatable bonds is 10. The fraction of sp³-hybridized carbons (Fsp3) is 0.613. The largest absolute Gasteiger partial charge is 0.468 e. The van der Waals surface area contributed by atoms with Crippen LogP contribution in [-0.2, 0) is 38.3 Å². The zero-order valence-electron chi connectivity index (χ0n) is 23.2. The molecule has 2 aliphatic heterocycles. The van der Waals surface area contributed by atoms with Crippen molar-refractivity contribution in [3.63, 3.8) is 0 Å². The lowest BCUT2D eigenvalue weighted by molar-refractivity contribution is -0.147. The van der Waals surface area contributed by atoms with Crippen molar-refractivity contribution in [3.05, 3.63) is 58.3 Å². The van der Waals surface area contributed by atoms with Crippen LogP contribution in [0.4, 0.5) is 5.82 Å². The highest BCUT2D eigenvalue weighted by atomic mass is 16.5. The Kier molecular flexibility index (Phi) is 8.97. The quantitative estimate of drug-likeness (QED) is 0.341. The summed E-state index contributed by atoms with van der Waals surface area (Å²) in [4.78, 5) is 20.1. The van der Waals surface area contributed by atoms with Crippen LogP contribution in [0.15, 0.2) is 30.3 Å². The zero-order chi connectivity index (χ0) is 26.5. The van der Waals surface area contributed by atoms with Gasteiger partial charge in [0.15, 0.2) is 0 Å². The van der Waals surface area contributed by atoms with Gasteiger partial charge >= 0.3 is 5.97 Å². The van der Waals surface area contributed by atoms with E-state index in [-0.39, 0.29) is 24.2 Å². The van der Waals surface area contributed by atoms with Crippen LogP contribution in [0.3, 0.4) is 0 Å². The van der Waals surface area contributed by atoms with Crippen LogP contribution in [0.2, 0.25) is 0 Å². The number of nitrogens with one attached hydrogen (secondary N) is 1. The van der Waals surface area contributed by atoms with Crippen LogP contribution in [0, 0.1) is 0 Å². The maximum absolute atomic E-state index is 13.1. The average Bonchev–Trinajstić information content (AvgIpc) is 3.42. The number of fused-ring (bicyclic) bond motifs is 2. The molecule has 5 rings (SSSR count). The summed E-state index contributed by atoms with van der Waals surface area (Å²) in [5.41, 5.74) is 5.94. The van der Waals surface area contributed by atoms with Gasteiger partial charge in [-0.05, 0) is 100 Å². The van der Waals surface area contributed by atoms with Crippen molar-refractivity contribution in [1.29, 1.82) is 0 Å². The third-order valence-corrected chi connectivity index (χ3v) is 8.57. The van der Waals surface area contributed by atoms with Gasteiger partial charge in [0.2, 0.25) is 0 Å². The lowest BCUT2D eigenvalue weighted by Gasteiger charge is -2.35. The number of methoxy groups -OCH3 is 1. The first kappa shape index (κ1) is 27.1. The molecule has 1 aromatic carbocycles. The molecule has 2 aromatic rings. The summed E-state index contributed by atoms with van der Waals surface area (Å²) in [6.45, 7) is 4.59. The van der Waals surface area contributed by atoms with Crippen LogP contribution in [-0.4, -0.2) is 61.9 Å². The van der Waals surface area contributed by atoms with E-state index in [1.54, 1.807) is 0 Å². The van der Waals surface area contributed by atoms with Gasteiger partial charge in [-0.15, -0.1) is 0 Å². The molecule has 0 amide bonds. The van der Waals surface area contributed by atoms with Crippen molar-refractivity contribution in [2.45, 2.75) is 89.0 Å². The second kappa shape index (κ2) is 12.6. The minimum absolute atomic E-state index is 0.0251. The monoisotopic (exact) mass is 521 g/mol. The van der Waals surface area contributed by atoms with Crippen molar-refractivity contribution in [2.75, 3.05) is 39.2 Å². The predicted molar refractivity (Wildman–Crippen MR) is 148 cm³/mol. The molecule has 0 saturated heterocycles. The van der Waals surface area contributed by atoms with E-state index in [0.29, 0.717) is 0 Å². The van der Waals surface area contributed by atoms with Crippen molar-refractivity contribution in [2.24, 2.45) is 0 Å². The highest BCUT2D eigenvalue weighted by molar-refractivity contribution is 5.78. The van der Waals surface area contributed by atoms with Crippen LogP contribution in [0.1, 0.15) is 85.5 Å². The SMILES string of the molecule is COC(=O)C(c1cccc2c1[C@@H](C)OCC2)N(C)[C@H]1CC[C@H](OCCCCc2ccc3c(n2)NCCC3)C1. The fourth-order valence-electron chi connectivity index (χ4n) is 6.45. The molecule has 1 aliphatic carbocycles. The number of hydrogen-bond acceptors (Lipinski definition) is 7. The molecule has 1 aromatic heterocycles. The van der Waals surface area contributed by atoms with Gasteiger partial charge < -0.3 is 19.5 Å². The Morgan fingerprint density at radius 3 is 2.95 bits per heavy atom. The number of aromatic nitrogens is 1. The van der Waals surface area contributed by atoms with E-state index in [4.69, 9.17) is 19.2 Å². The molecule has 0 radical (unpaired) electrons. The van der Waals surface area contributed by atoms with E-state index in [2.05, 4.69) is 54.5 Å². The second-order valence-electron chi connectivity index (χ2n) is 11.0. The number of aryl methyl sites for hydroxylation is 2. The highest BCUT2D eigenvalue weighted by Gasteiger charge is 2.38.